The Morgan fingerprint density at radius 2 is 1.62 bits per heavy atom. The molecule has 1 fully saturated rings. The van der Waals surface area contributed by atoms with Crippen molar-refractivity contribution >= 4 is 17.5 Å². The molecule has 174 valence electrons. The topological polar surface area (TPSA) is 32.3 Å². The largest absolute Gasteiger partial charge is 0.416 e. The number of halogens is 8. The van der Waals surface area contributed by atoms with Crippen molar-refractivity contribution in [1.29, 1.82) is 0 Å². The van der Waals surface area contributed by atoms with Crippen molar-refractivity contribution in [2.75, 3.05) is 20.1 Å². The molecule has 0 radical (unpaired) electrons. The summed E-state index contributed by atoms with van der Waals surface area (Å²) in [4.78, 5) is 14.1. The molecule has 1 amide bonds. The van der Waals surface area contributed by atoms with Crippen molar-refractivity contribution in [3.05, 3.63) is 69.5 Å². The Labute approximate surface area is 184 Å². The fraction of sp³-hybridized carbons (Fsp3) is 0.381. The number of benzene rings is 2. The highest BCUT2D eigenvalue weighted by Crippen LogP contribution is 2.37. The maximum absolute atomic E-state index is 14.0. The third-order valence-corrected chi connectivity index (χ3v) is 5.78. The van der Waals surface area contributed by atoms with E-state index in [2.05, 4.69) is 5.32 Å². The second kappa shape index (κ2) is 8.90. The monoisotopic (exact) mass is 482 g/mol. The zero-order valence-corrected chi connectivity index (χ0v) is 17.4. The highest BCUT2D eigenvalue weighted by molar-refractivity contribution is 6.30. The number of nitrogens with one attached hydrogen (secondary N) is 1. The maximum Gasteiger partial charge on any atom is 0.416 e. The fourth-order valence-electron chi connectivity index (χ4n) is 3.82. The molecule has 3 rings (SSSR count). The van der Waals surface area contributed by atoms with E-state index in [1.807, 2.05) is 0 Å². The summed E-state index contributed by atoms with van der Waals surface area (Å²) in [6.07, 6.45) is -9.76. The number of carbonyl (C=O) groups excluding carboxylic acids is 1. The molecular weight excluding hydrogens is 465 g/mol. The fourth-order valence-corrected chi connectivity index (χ4v) is 3.94. The standard InChI is InChI=1S/C21H18ClF7N2O/c1-31(18-4-5-30-10-15(18)11-2-3-16(22)17(23)8-11)19(32)12-6-13(20(24,25)26)9-14(7-12)21(27,28)29/h2-3,6-9,15,18,30H,4-5,10H2,1H3/t15-,18+/m0/s1. The zero-order chi connectivity index (χ0) is 23.8. The van der Waals surface area contributed by atoms with Crippen LogP contribution in [0.4, 0.5) is 30.7 Å². The summed E-state index contributed by atoms with van der Waals surface area (Å²) in [5.41, 5.74) is -3.35. The molecule has 1 aliphatic heterocycles. The highest BCUT2D eigenvalue weighted by atomic mass is 35.5. The zero-order valence-electron chi connectivity index (χ0n) is 16.6. The van der Waals surface area contributed by atoms with Gasteiger partial charge in [0.15, 0.2) is 0 Å². The van der Waals surface area contributed by atoms with Crippen LogP contribution in [-0.2, 0) is 12.4 Å². The predicted octanol–water partition coefficient (Wildman–Crippen LogP) is 5.73. The van der Waals surface area contributed by atoms with Gasteiger partial charge in [-0.15, -0.1) is 0 Å². The maximum atomic E-state index is 14.0. The van der Waals surface area contributed by atoms with Gasteiger partial charge in [0.05, 0.1) is 16.1 Å². The lowest BCUT2D eigenvalue weighted by Gasteiger charge is -2.39. The summed E-state index contributed by atoms with van der Waals surface area (Å²) < 4.78 is 92.9. The van der Waals surface area contributed by atoms with Crippen molar-refractivity contribution in [3.8, 4) is 0 Å². The Morgan fingerprint density at radius 1 is 1.03 bits per heavy atom. The lowest BCUT2D eigenvalue weighted by molar-refractivity contribution is -0.143. The number of hydrogen-bond donors (Lipinski definition) is 1. The Bertz CT molecular complexity index is 974. The molecule has 0 spiro atoms. The molecule has 1 N–H and O–H groups in total. The van der Waals surface area contributed by atoms with E-state index in [4.69, 9.17) is 11.6 Å². The third kappa shape index (κ3) is 5.17. The molecule has 0 unspecified atom stereocenters. The van der Waals surface area contributed by atoms with Crippen molar-refractivity contribution in [2.24, 2.45) is 0 Å². The molecule has 0 bridgehead atoms. The van der Waals surface area contributed by atoms with Crippen LogP contribution in [0.5, 0.6) is 0 Å². The number of alkyl halides is 6. The van der Waals surface area contributed by atoms with Crippen LogP contribution in [0.1, 0.15) is 39.4 Å². The van der Waals surface area contributed by atoms with E-state index in [1.165, 1.54) is 19.2 Å². The quantitative estimate of drug-likeness (QED) is 0.566. The van der Waals surface area contributed by atoms with Gasteiger partial charge in [0.1, 0.15) is 5.82 Å². The number of rotatable bonds is 3. The van der Waals surface area contributed by atoms with Gasteiger partial charge in [-0.2, -0.15) is 26.3 Å². The summed E-state index contributed by atoms with van der Waals surface area (Å²) in [5, 5.41) is 3.00. The average Bonchev–Trinajstić information content (AvgIpc) is 2.73. The van der Waals surface area contributed by atoms with Gasteiger partial charge >= 0.3 is 12.4 Å². The Hall–Kier alpha value is -2.33. The van der Waals surface area contributed by atoms with E-state index in [9.17, 15) is 35.5 Å². The first-order valence-electron chi connectivity index (χ1n) is 9.51. The number of hydrogen-bond acceptors (Lipinski definition) is 2. The van der Waals surface area contributed by atoms with Gasteiger partial charge in [-0.3, -0.25) is 4.79 Å². The second-order valence-corrected chi connectivity index (χ2v) is 7.96. The van der Waals surface area contributed by atoms with E-state index in [-0.39, 0.29) is 11.1 Å². The molecule has 1 aliphatic rings. The van der Waals surface area contributed by atoms with Gasteiger partial charge in [-0.05, 0) is 48.9 Å². The smallest absolute Gasteiger partial charge is 0.338 e. The van der Waals surface area contributed by atoms with Gasteiger partial charge < -0.3 is 10.2 Å². The number of nitrogens with zero attached hydrogens (tertiary/aromatic N) is 1. The van der Waals surface area contributed by atoms with Crippen LogP contribution < -0.4 is 5.32 Å². The minimum Gasteiger partial charge on any atom is -0.338 e. The first-order chi connectivity index (χ1) is 14.8. The van der Waals surface area contributed by atoms with Crippen LogP contribution in [0.3, 0.4) is 0 Å². The average molecular weight is 483 g/mol. The molecule has 0 aliphatic carbocycles. The summed E-state index contributed by atoms with van der Waals surface area (Å²) in [7, 11) is 1.31. The molecule has 0 aromatic heterocycles. The molecule has 2 atom stereocenters. The van der Waals surface area contributed by atoms with Crippen molar-refractivity contribution in [2.45, 2.75) is 30.7 Å². The molecule has 1 saturated heterocycles. The van der Waals surface area contributed by atoms with Crippen LogP contribution >= 0.6 is 11.6 Å². The van der Waals surface area contributed by atoms with Gasteiger partial charge in [0.2, 0.25) is 0 Å². The lowest BCUT2D eigenvalue weighted by Crippen LogP contribution is -2.49. The molecular formula is C21H18ClF7N2O. The number of carbonyl (C=O) groups is 1. The summed E-state index contributed by atoms with van der Waals surface area (Å²) in [6, 6.07) is 4.33. The van der Waals surface area contributed by atoms with Crippen molar-refractivity contribution < 1.29 is 35.5 Å². The lowest BCUT2D eigenvalue weighted by atomic mass is 9.85. The van der Waals surface area contributed by atoms with E-state index in [1.54, 1.807) is 6.07 Å². The Kier molecular flexibility index (Phi) is 6.76. The third-order valence-electron chi connectivity index (χ3n) is 5.47. The molecule has 11 heteroatoms. The van der Waals surface area contributed by atoms with Crippen LogP contribution in [0.15, 0.2) is 36.4 Å². The van der Waals surface area contributed by atoms with Crippen LogP contribution in [0.2, 0.25) is 5.02 Å². The summed E-state index contributed by atoms with van der Waals surface area (Å²) in [6.45, 7) is 0.797. The molecule has 2 aromatic carbocycles. The molecule has 1 heterocycles. The molecule has 0 saturated carbocycles. The number of amides is 1. The second-order valence-electron chi connectivity index (χ2n) is 7.55. The van der Waals surface area contributed by atoms with E-state index in [0.717, 1.165) is 4.90 Å². The summed E-state index contributed by atoms with van der Waals surface area (Å²) in [5.74, 6) is -2.11. The van der Waals surface area contributed by atoms with Crippen molar-refractivity contribution in [3.63, 3.8) is 0 Å². The Balaban J connectivity index is 1.97. The predicted molar refractivity (Wildman–Crippen MR) is 104 cm³/mol. The van der Waals surface area contributed by atoms with E-state index in [0.29, 0.717) is 37.2 Å². The van der Waals surface area contributed by atoms with Gasteiger partial charge in [0, 0.05) is 31.1 Å². The van der Waals surface area contributed by atoms with Crippen LogP contribution in [0, 0.1) is 5.82 Å². The highest BCUT2D eigenvalue weighted by Gasteiger charge is 2.39. The van der Waals surface area contributed by atoms with Gasteiger partial charge in [0.25, 0.3) is 5.91 Å². The first kappa shape index (κ1) is 24.3. The Morgan fingerprint density at radius 3 is 2.16 bits per heavy atom. The summed E-state index contributed by atoms with van der Waals surface area (Å²) >= 11 is 5.71. The van der Waals surface area contributed by atoms with E-state index < -0.39 is 52.7 Å². The minimum atomic E-state index is -5.06. The van der Waals surface area contributed by atoms with Gasteiger partial charge in [-0.25, -0.2) is 4.39 Å². The van der Waals surface area contributed by atoms with E-state index >= 15 is 0 Å². The minimum absolute atomic E-state index is 0.0272. The molecule has 3 nitrogen and oxygen atoms in total. The van der Waals surface area contributed by atoms with Crippen molar-refractivity contribution in [1.82, 2.24) is 10.2 Å². The van der Waals surface area contributed by atoms with Crippen LogP contribution in [0.25, 0.3) is 0 Å². The SMILES string of the molecule is CN(C(=O)c1cc(C(F)(F)F)cc(C(F)(F)F)c1)[C@@H]1CCNC[C@H]1c1ccc(Cl)c(F)c1. The van der Waals surface area contributed by atoms with Gasteiger partial charge in [-0.1, -0.05) is 17.7 Å². The van der Waals surface area contributed by atoms with Crippen LogP contribution in [-0.4, -0.2) is 37.0 Å². The first-order valence-corrected chi connectivity index (χ1v) is 9.89. The normalized spacial score (nSPS) is 19.7. The molecule has 2 aromatic rings. The molecule has 32 heavy (non-hydrogen) atoms. The number of piperidine rings is 1. The number of likely N-dealkylation sites (N-methyl/N-ethyl adjacent to an activating group) is 1.